The van der Waals surface area contributed by atoms with Crippen molar-refractivity contribution >= 4 is 18.1 Å². The van der Waals surface area contributed by atoms with Crippen molar-refractivity contribution in [3.8, 4) is 5.75 Å². The molecule has 0 unspecified atom stereocenters. The van der Waals surface area contributed by atoms with Crippen molar-refractivity contribution in [3.63, 3.8) is 0 Å². The standard InChI is InChI=1S/C8H11NO.CH6N2.ClH/c1-9-7-4-3-5-8(6-7)10-2;1-3-2;/h3-6,9H,1-2H3;3H,2H2,1H3;1H. The largest absolute Gasteiger partial charge is 0.497 e. The molecule has 4 N–H and O–H groups in total. The fourth-order valence-electron chi connectivity index (χ4n) is 0.779. The first-order chi connectivity index (χ1) is 6.28. The third-order valence-corrected chi connectivity index (χ3v) is 1.36. The van der Waals surface area contributed by atoms with Gasteiger partial charge in [0.1, 0.15) is 5.75 Å². The lowest BCUT2D eigenvalue weighted by molar-refractivity contribution is 0.415. The fraction of sp³-hybridized carbons (Fsp3) is 0.333. The Labute approximate surface area is 91.2 Å². The normalized spacial score (nSPS) is 7.71. The summed E-state index contributed by atoms with van der Waals surface area (Å²) in [4.78, 5) is 0. The van der Waals surface area contributed by atoms with Crippen molar-refractivity contribution < 1.29 is 4.74 Å². The lowest BCUT2D eigenvalue weighted by Gasteiger charge is -2.01. The van der Waals surface area contributed by atoms with Crippen LogP contribution in [0.4, 0.5) is 5.69 Å². The maximum atomic E-state index is 5.02. The van der Waals surface area contributed by atoms with Crippen LogP contribution in [0.2, 0.25) is 0 Å². The van der Waals surface area contributed by atoms with Crippen molar-refractivity contribution in [1.29, 1.82) is 0 Å². The Balaban J connectivity index is 0. The second kappa shape index (κ2) is 10.1. The summed E-state index contributed by atoms with van der Waals surface area (Å²) in [7, 11) is 5.20. The van der Waals surface area contributed by atoms with E-state index in [1.54, 1.807) is 14.2 Å². The van der Waals surface area contributed by atoms with Gasteiger partial charge < -0.3 is 10.1 Å². The number of anilines is 1. The molecular formula is C9H18ClN3O. The molecule has 0 radical (unpaired) electrons. The van der Waals surface area contributed by atoms with Gasteiger partial charge in [-0.25, -0.2) is 0 Å². The molecule has 0 atom stereocenters. The quantitative estimate of drug-likeness (QED) is 0.518. The van der Waals surface area contributed by atoms with Gasteiger partial charge in [0.05, 0.1) is 7.11 Å². The number of nitrogens with two attached hydrogens (primary N) is 1. The van der Waals surface area contributed by atoms with Gasteiger partial charge in [0.25, 0.3) is 0 Å². The number of halogens is 1. The highest BCUT2D eigenvalue weighted by Gasteiger charge is 1.89. The number of rotatable bonds is 2. The molecule has 14 heavy (non-hydrogen) atoms. The van der Waals surface area contributed by atoms with E-state index in [1.165, 1.54) is 0 Å². The van der Waals surface area contributed by atoms with Gasteiger partial charge >= 0.3 is 0 Å². The molecule has 4 nitrogen and oxygen atoms in total. The van der Waals surface area contributed by atoms with E-state index in [0.717, 1.165) is 11.4 Å². The molecule has 0 fully saturated rings. The molecule has 0 aliphatic rings. The fourth-order valence-corrected chi connectivity index (χ4v) is 0.779. The van der Waals surface area contributed by atoms with Crippen LogP contribution >= 0.6 is 12.4 Å². The predicted molar refractivity (Wildman–Crippen MR) is 63.0 cm³/mol. The molecule has 0 saturated heterocycles. The second-order valence-electron chi connectivity index (χ2n) is 2.27. The van der Waals surface area contributed by atoms with Gasteiger partial charge in [0.15, 0.2) is 0 Å². The van der Waals surface area contributed by atoms with Crippen molar-refractivity contribution in [3.05, 3.63) is 24.3 Å². The Morgan fingerprint density at radius 1 is 1.29 bits per heavy atom. The van der Waals surface area contributed by atoms with Crippen LogP contribution in [0.1, 0.15) is 0 Å². The molecule has 0 aliphatic carbocycles. The molecule has 1 rings (SSSR count). The third kappa shape index (κ3) is 6.54. The molecule has 1 aromatic carbocycles. The van der Waals surface area contributed by atoms with Gasteiger partial charge in [0, 0.05) is 18.8 Å². The summed E-state index contributed by atoms with van der Waals surface area (Å²) in [6.07, 6.45) is 0. The molecule has 0 aromatic heterocycles. The van der Waals surface area contributed by atoms with E-state index in [-0.39, 0.29) is 12.4 Å². The van der Waals surface area contributed by atoms with E-state index in [0.29, 0.717) is 0 Å². The van der Waals surface area contributed by atoms with Crippen molar-refractivity contribution in [2.75, 3.05) is 26.5 Å². The predicted octanol–water partition coefficient (Wildman–Crippen LogP) is 1.24. The molecule has 0 aliphatic heterocycles. The number of hydrogen-bond donors (Lipinski definition) is 3. The van der Waals surface area contributed by atoms with Crippen LogP contribution < -0.4 is 21.3 Å². The third-order valence-electron chi connectivity index (χ3n) is 1.36. The minimum atomic E-state index is 0. The van der Waals surface area contributed by atoms with E-state index in [9.17, 15) is 0 Å². The van der Waals surface area contributed by atoms with E-state index in [1.807, 2.05) is 31.3 Å². The van der Waals surface area contributed by atoms with Crippen molar-refractivity contribution in [2.45, 2.75) is 0 Å². The van der Waals surface area contributed by atoms with Crippen LogP contribution in [0.25, 0.3) is 0 Å². The van der Waals surface area contributed by atoms with Crippen LogP contribution in [0.5, 0.6) is 5.75 Å². The van der Waals surface area contributed by atoms with Gasteiger partial charge in [-0.3, -0.25) is 11.3 Å². The lowest BCUT2D eigenvalue weighted by atomic mass is 10.3. The molecule has 0 bridgehead atoms. The SMILES string of the molecule is CNN.CNc1cccc(OC)c1.Cl. The summed E-state index contributed by atoms with van der Waals surface area (Å²) in [5.74, 6) is 5.48. The monoisotopic (exact) mass is 219 g/mol. The minimum absolute atomic E-state index is 0. The minimum Gasteiger partial charge on any atom is -0.497 e. The Morgan fingerprint density at radius 3 is 2.29 bits per heavy atom. The summed E-state index contributed by atoms with van der Waals surface area (Å²) in [5, 5.41) is 3.02. The summed E-state index contributed by atoms with van der Waals surface area (Å²) in [6, 6.07) is 7.80. The Bertz CT molecular complexity index is 214. The maximum absolute atomic E-state index is 5.02. The number of hydrogen-bond acceptors (Lipinski definition) is 4. The summed E-state index contributed by atoms with van der Waals surface area (Å²) >= 11 is 0. The zero-order chi connectivity index (χ0) is 10.1. The van der Waals surface area contributed by atoms with Crippen molar-refractivity contribution in [2.24, 2.45) is 5.84 Å². The molecule has 0 spiro atoms. The van der Waals surface area contributed by atoms with Crippen LogP contribution in [-0.4, -0.2) is 21.2 Å². The second-order valence-corrected chi connectivity index (χ2v) is 2.27. The molecule has 0 heterocycles. The molecular weight excluding hydrogens is 202 g/mol. The lowest BCUT2D eigenvalue weighted by Crippen LogP contribution is -2.13. The maximum Gasteiger partial charge on any atom is 0.120 e. The Kier molecular flexibility index (Phi) is 11.2. The smallest absolute Gasteiger partial charge is 0.120 e. The summed E-state index contributed by atoms with van der Waals surface area (Å²) in [6.45, 7) is 0. The number of nitrogens with one attached hydrogen (secondary N) is 2. The zero-order valence-corrected chi connectivity index (χ0v) is 9.52. The van der Waals surface area contributed by atoms with E-state index < -0.39 is 0 Å². The zero-order valence-electron chi connectivity index (χ0n) is 8.70. The Hall–Kier alpha value is -0.970. The molecule has 82 valence electrons. The van der Waals surface area contributed by atoms with E-state index in [4.69, 9.17) is 4.74 Å². The molecule has 5 heteroatoms. The number of ether oxygens (including phenoxy) is 1. The molecule has 0 saturated carbocycles. The average molecular weight is 220 g/mol. The van der Waals surface area contributed by atoms with Crippen LogP contribution in [0.15, 0.2) is 24.3 Å². The van der Waals surface area contributed by atoms with Crippen molar-refractivity contribution in [1.82, 2.24) is 5.43 Å². The highest BCUT2D eigenvalue weighted by Crippen LogP contribution is 2.15. The number of benzene rings is 1. The average Bonchev–Trinajstić information content (AvgIpc) is 2.19. The first-order valence-electron chi connectivity index (χ1n) is 3.97. The van der Waals surface area contributed by atoms with Gasteiger partial charge in [-0.2, -0.15) is 0 Å². The van der Waals surface area contributed by atoms with Gasteiger partial charge in [-0.1, -0.05) is 6.07 Å². The number of methoxy groups -OCH3 is 1. The molecule has 1 aromatic rings. The van der Waals surface area contributed by atoms with Crippen LogP contribution in [0, 0.1) is 0 Å². The highest BCUT2D eigenvalue weighted by molar-refractivity contribution is 5.85. The topological polar surface area (TPSA) is 59.3 Å². The summed E-state index contributed by atoms with van der Waals surface area (Å²) in [5.41, 5.74) is 3.32. The Morgan fingerprint density at radius 2 is 1.86 bits per heavy atom. The van der Waals surface area contributed by atoms with Crippen LogP contribution in [-0.2, 0) is 0 Å². The summed E-state index contributed by atoms with van der Waals surface area (Å²) < 4.78 is 5.02. The van der Waals surface area contributed by atoms with E-state index >= 15 is 0 Å². The van der Waals surface area contributed by atoms with Gasteiger partial charge in [-0.15, -0.1) is 12.4 Å². The van der Waals surface area contributed by atoms with Gasteiger partial charge in [-0.05, 0) is 19.2 Å². The van der Waals surface area contributed by atoms with E-state index in [2.05, 4.69) is 16.6 Å². The van der Waals surface area contributed by atoms with Crippen LogP contribution in [0.3, 0.4) is 0 Å². The first kappa shape index (κ1) is 15.5. The first-order valence-corrected chi connectivity index (χ1v) is 3.97. The van der Waals surface area contributed by atoms with Gasteiger partial charge in [0.2, 0.25) is 0 Å². The highest BCUT2D eigenvalue weighted by atomic mass is 35.5. The number of hydrazine groups is 1. The molecule has 0 amide bonds.